The number of aromatic nitrogens is 2. The van der Waals surface area contributed by atoms with Crippen molar-refractivity contribution < 1.29 is 14.7 Å². The van der Waals surface area contributed by atoms with Gasteiger partial charge in [0.05, 0.1) is 5.41 Å². The van der Waals surface area contributed by atoms with Gasteiger partial charge in [0, 0.05) is 6.54 Å². The van der Waals surface area contributed by atoms with Crippen molar-refractivity contribution in [1.82, 2.24) is 15.5 Å². The Morgan fingerprint density at radius 1 is 1.41 bits per heavy atom. The first kappa shape index (κ1) is 11.8. The lowest BCUT2D eigenvalue weighted by atomic mass is 10.1. The lowest BCUT2D eigenvalue weighted by molar-refractivity contribution is -0.143. The Balaban J connectivity index is 1.94. The summed E-state index contributed by atoms with van der Waals surface area (Å²) < 4.78 is 0. The zero-order valence-electron chi connectivity index (χ0n) is 8.81. The number of nitrogens with one attached hydrogen (secondary N) is 1. The lowest BCUT2D eigenvalue weighted by Gasteiger charge is -2.10. The molecule has 2 N–H and O–H groups in total. The molecule has 90 valence electrons. The quantitative estimate of drug-likeness (QED) is 0.827. The third-order valence-electron chi connectivity index (χ3n) is 2.76. The second-order valence-corrected chi connectivity index (χ2v) is 4.40. The van der Waals surface area contributed by atoms with Gasteiger partial charge < -0.3 is 10.4 Å². The average Bonchev–Trinajstić information content (AvgIpc) is 3.08. The zero-order chi connectivity index (χ0) is 12.5. The number of carboxylic acids is 1. The molecule has 1 aromatic rings. The minimum Gasteiger partial charge on any atom is -0.481 e. The van der Waals surface area contributed by atoms with Crippen LogP contribution in [0.4, 0.5) is 0 Å². The molecule has 1 saturated carbocycles. The predicted octanol–water partition coefficient (Wildman–Crippen LogP) is 0.725. The number of carbonyl (C=O) groups excluding carboxylic acids is 1. The first-order valence-corrected chi connectivity index (χ1v) is 5.42. The lowest BCUT2D eigenvalue weighted by Crippen LogP contribution is -2.34. The summed E-state index contributed by atoms with van der Waals surface area (Å²) in [5.74, 6) is -1.32. The van der Waals surface area contributed by atoms with Crippen molar-refractivity contribution in [3.63, 3.8) is 0 Å². The van der Waals surface area contributed by atoms with E-state index in [1.807, 2.05) is 0 Å². The van der Waals surface area contributed by atoms with Crippen molar-refractivity contribution in [3.05, 3.63) is 23.0 Å². The molecule has 0 unspecified atom stereocenters. The summed E-state index contributed by atoms with van der Waals surface area (Å²) in [4.78, 5) is 22.5. The highest BCUT2D eigenvalue weighted by molar-refractivity contribution is 6.29. The molecule has 1 aliphatic rings. The number of rotatable bonds is 4. The molecular weight excluding hydrogens is 246 g/mol. The monoisotopic (exact) mass is 255 g/mol. The number of amides is 1. The fourth-order valence-electron chi connectivity index (χ4n) is 1.39. The Bertz CT molecular complexity index is 456. The third-order valence-corrected chi connectivity index (χ3v) is 2.96. The van der Waals surface area contributed by atoms with Crippen LogP contribution in [0.25, 0.3) is 0 Å². The van der Waals surface area contributed by atoms with E-state index < -0.39 is 17.3 Å². The van der Waals surface area contributed by atoms with E-state index >= 15 is 0 Å². The van der Waals surface area contributed by atoms with E-state index in [0.29, 0.717) is 12.8 Å². The van der Waals surface area contributed by atoms with Crippen LogP contribution in [0.2, 0.25) is 5.15 Å². The smallest absolute Gasteiger partial charge is 0.311 e. The SMILES string of the molecule is O=C(NCC1(C(=O)O)CC1)c1ccc(Cl)nn1. The molecule has 1 aliphatic carbocycles. The van der Waals surface area contributed by atoms with Gasteiger partial charge in [0.1, 0.15) is 0 Å². The summed E-state index contributed by atoms with van der Waals surface area (Å²) in [5.41, 5.74) is -0.661. The molecule has 0 atom stereocenters. The topological polar surface area (TPSA) is 92.2 Å². The maximum atomic E-state index is 11.6. The van der Waals surface area contributed by atoms with Gasteiger partial charge in [-0.25, -0.2) is 0 Å². The van der Waals surface area contributed by atoms with Crippen molar-refractivity contribution in [2.45, 2.75) is 12.8 Å². The Hall–Kier alpha value is -1.69. The minimum absolute atomic E-state index is 0.117. The standard InChI is InChI=1S/C10H10ClN3O3/c11-7-2-1-6(13-14-7)8(15)12-5-10(3-4-10)9(16)17/h1-2H,3-5H2,(H,12,15)(H,16,17). The molecule has 0 saturated heterocycles. The third kappa shape index (κ3) is 2.52. The molecule has 1 aromatic heterocycles. The van der Waals surface area contributed by atoms with Crippen molar-refractivity contribution in [2.75, 3.05) is 6.54 Å². The van der Waals surface area contributed by atoms with E-state index in [2.05, 4.69) is 15.5 Å². The first-order valence-electron chi connectivity index (χ1n) is 5.04. The average molecular weight is 256 g/mol. The highest BCUT2D eigenvalue weighted by atomic mass is 35.5. The van der Waals surface area contributed by atoms with E-state index in [9.17, 15) is 9.59 Å². The maximum absolute atomic E-state index is 11.6. The molecule has 1 amide bonds. The number of carboxylic acid groups (broad SMARTS) is 1. The highest BCUT2D eigenvalue weighted by Crippen LogP contribution is 2.45. The maximum Gasteiger partial charge on any atom is 0.311 e. The van der Waals surface area contributed by atoms with E-state index in [4.69, 9.17) is 16.7 Å². The Morgan fingerprint density at radius 2 is 2.12 bits per heavy atom. The van der Waals surface area contributed by atoms with Gasteiger partial charge in [-0.1, -0.05) is 11.6 Å². The molecule has 2 rings (SSSR count). The molecule has 0 radical (unpaired) electrons. The van der Waals surface area contributed by atoms with Crippen molar-refractivity contribution in [2.24, 2.45) is 5.41 Å². The van der Waals surface area contributed by atoms with Crippen LogP contribution in [0.15, 0.2) is 12.1 Å². The van der Waals surface area contributed by atoms with Crippen molar-refractivity contribution in [1.29, 1.82) is 0 Å². The Labute approximate surface area is 102 Å². The van der Waals surface area contributed by atoms with Crippen molar-refractivity contribution >= 4 is 23.5 Å². The van der Waals surface area contributed by atoms with Gasteiger partial charge in [0.2, 0.25) is 0 Å². The normalized spacial score (nSPS) is 16.3. The van der Waals surface area contributed by atoms with Gasteiger partial charge >= 0.3 is 5.97 Å². The van der Waals surface area contributed by atoms with Gasteiger partial charge in [-0.3, -0.25) is 9.59 Å². The molecule has 17 heavy (non-hydrogen) atoms. The van der Waals surface area contributed by atoms with Crippen LogP contribution in [-0.2, 0) is 4.79 Å². The fourth-order valence-corrected chi connectivity index (χ4v) is 1.50. The van der Waals surface area contributed by atoms with Crippen LogP contribution in [0.1, 0.15) is 23.3 Å². The number of nitrogens with zero attached hydrogens (tertiary/aromatic N) is 2. The van der Waals surface area contributed by atoms with Crippen LogP contribution in [0.5, 0.6) is 0 Å². The highest BCUT2D eigenvalue weighted by Gasteiger charge is 2.50. The molecule has 7 heteroatoms. The second-order valence-electron chi connectivity index (χ2n) is 4.01. The summed E-state index contributed by atoms with van der Waals surface area (Å²) in [6.45, 7) is 0.117. The molecule has 6 nitrogen and oxygen atoms in total. The molecule has 0 spiro atoms. The van der Waals surface area contributed by atoms with Gasteiger partial charge in [0.25, 0.3) is 5.91 Å². The van der Waals surface area contributed by atoms with E-state index in [-0.39, 0.29) is 17.4 Å². The second kappa shape index (κ2) is 4.29. The molecular formula is C10H10ClN3O3. The van der Waals surface area contributed by atoms with E-state index in [0.717, 1.165) is 0 Å². The van der Waals surface area contributed by atoms with E-state index in [1.54, 1.807) is 0 Å². The zero-order valence-corrected chi connectivity index (χ0v) is 9.57. The summed E-state index contributed by atoms with van der Waals surface area (Å²) in [7, 11) is 0. The Morgan fingerprint density at radius 3 is 2.59 bits per heavy atom. The minimum atomic E-state index is -0.875. The molecule has 0 bridgehead atoms. The van der Waals surface area contributed by atoms with E-state index in [1.165, 1.54) is 12.1 Å². The Kier molecular flexibility index (Phi) is 2.97. The van der Waals surface area contributed by atoms with Crippen LogP contribution < -0.4 is 5.32 Å². The van der Waals surface area contributed by atoms with Crippen LogP contribution in [0, 0.1) is 5.41 Å². The first-order chi connectivity index (χ1) is 8.03. The molecule has 0 aromatic carbocycles. The van der Waals surface area contributed by atoms with Crippen LogP contribution >= 0.6 is 11.6 Å². The number of hydrogen-bond donors (Lipinski definition) is 2. The van der Waals surface area contributed by atoms with Crippen molar-refractivity contribution in [3.8, 4) is 0 Å². The van der Waals surface area contributed by atoms with Crippen LogP contribution in [0.3, 0.4) is 0 Å². The molecule has 1 heterocycles. The number of hydrogen-bond acceptors (Lipinski definition) is 4. The van der Waals surface area contributed by atoms with Crippen LogP contribution in [-0.4, -0.2) is 33.7 Å². The summed E-state index contributed by atoms with van der Waals surface area (Å²) in [5, 5.41) is 18.8. The predicted molar refractivity (Wildman–Crippen MR) is 58.7 cm³/mol. The summed E-state index contributed by atoms with van der Waals surface area (Å²) >= 11 is 5.53. The number of halogens is 1. The number of carbonyl (C=O) groups is 2. The summed E-state index contributed by atoms with van der Waals surface area (Å²) in [6.07, 6.45) is 1.18. The van der Waals surface area contributed by atoms with Gasteiger partial charge in [0.15, 0.2) is 10.8 Å². The van der Waals surface area contributed by atoms with Gasteiger partial charge in [-0.2, -0.15) is 0 Å². The molecule has 1 fully saturated rings. The fraction of sp³-hybridized carbons (Fsp3) is 0.400. The van der Waals surface area contributed by atoms with Gasteiger partial charge in [-0.15, -0.1) is 10.2 Å². The summed E-state index contributed by atoms with van der Waals surface area (Å²) in [6, 6.07) is 2.89. The number of aliphatic carboxylic acids is 1. The molecule has 0 aliphatic heterocycles. The van der Waals surface area contributed by atoms with Gasteiger partial charge in [-0.05, 0) is 25.0 Å². The largest absolute Gasteiger partial charge is 0.481 e.